The van der Waals surface area contributed by atoms with Gasteiger partial charge in [0.15, 0.2) is 0 Å². The molecule has 1 aromatic carbocycles. The fraction of sp³-hybridized carbons (Fsp3) is 0.500. The van der Waals surface area contributed by atoms with Gasteiger partial charge in [0.05, 0.1) is 17.5 Å². The summed E-state index contributed by atoms with van der Waals surface area (Å²) in [4.78, 5) is -0.377. The first-order valence-corrected chi connectivity index (χ1v) is 7.52. The van der Waals surface area contributed by atoms with E-state index in [4.69, 9.17) is 0 Å². The van der Waals surface area contributed by atoms with Gasteiger partial charge in [0, 0.05) is 0 Å². The molecule has 0 aliphatic heterocycles. The van der Waals surface area contributed by atoms with Crippen LogP contribution in [0.1, 0.15) is 25.0 Å². The molecular weight excluding hydrogens is 314 g/mol. The summed E-state index contributed by atoms with van der Waals surface area (Å²) in [5.74, 6) is -4.45. The number of rotatable bonds is 7. The largest absolute Gasteiger partial charge is 0.388 e. The zero-order chi connectivity index (χ0) is 16.3. The second-order valence-electron chi connectivity index (χ2n) is 4.38. The van der Waals surface area contributed by atoms with E-state index in [-0.39, 0.29) is 4.90 Å². The highest BCUT2D eigenvalue weighted by atomic mass is 32.2. The predicted molar refractivity (Wildman–Crippen MR) is 67.8 cm³/mol. The van der Waals surface area contributed by atoms with E-state index in [0.717, 1.165) is 12.1 Å². The van der Waals surface area contributed by atoms with E-state index in [1.54, 1.807) is 6.92 Å². The Bertz CT molecular complexity index is 578. The van der Waals surface area contributed by atoms with E-state index >= 15 is 0 Å². The zero-order valence-electron chi connectivity index (χ0n) is 11.1. The Balaban J connectivity index is 2.94. The van der Waals surface area contributed by atoms with Crippen molar-refractivity contribution in [2.24, 2.45) is 0 Å². The Morgan fingerprint density at radius 3 is 2.48 bits per heavy atom. The molecule has 0 bridgehead atoms. The van der Waals surface area contributed by atoms with Crippen molar-refractivity contribution in [3.8, 4) is 0 Å². The molecule has 0 heterocycles. The molecule has 21 heavy (non-hydrogen) atoms. The lowest BCUT2D eigenvalue weighted by molar-refractivity contribution is -0.122. The SMILES string of the molecule is CCC(O)c1cccc(S(=O)(=O)NCC(F)(F)C(F)F)c1. The Morgan fingerprint density at radius 1 is 1.33 bits per heavy atom. The number of benzene rings is 1. The Kier molecular flexibility index (Phi) is 5.71. The Labute approximate surface area is 119 Å². The molecule has 0 amide bonds. The second-order valence-corrected chi connectivity index (χ2v) is 6.15. The molecule has 0 fully saturated rings. The highest BCUT2D eigenvalue weighted by Gasteiger charge is 2.41. The fourth-order valence-corrected chi connectivity index (χ4v) is 2.57. The molecular formula is C12H15F4NO3S. The van der Waals surface area contributed by atoms with Crippen molar-refractivity contribution in [1.29, 1.82) is 0 Å². The van der Waals surface area contributed by atoms with Gasteiger partial charge in [-0.3, -0.25) is 0 Å². The van der Waals surface area contributed by atoms with Crippen LogP contribution in [0.25, 0.3) is 0 Å². The summed E-state index contributed by atoms with van der Waals surface area (Å²) in [5, 5.41) is 9.62. The molecule has 1 unspecified atom stereocenters. The van der Waals surface area contributed by atoms with Crippen LogP contribution in [0.4, 0.5) is 17.6 Å². The predicted octanol–water partition coefficient (Wildman–Crippen LogP) is 2.31. The summed E-state index contributed by atoms with van der Waals surface area (Å²) in [5.41, 5.74) is 0.293. The van der Waals surface area contributed by atoms with E-state index in [1.807, 2.05) is 0 Å². The summed E-state index contributed by atoms with van der Waals surface area (Å²) in [6, 6.07) is 5.03. The standard InChI is InChI=1S/C12H15F4NO3S/c1-2-10(18)8-4-3-5-9(6-8)21(19,20)17-7-12(15,16)11(13)14/h3-6,10-11,17-18H,2,7H2,1H3. The van der Waals surface area contributed by atoms with Crippen molar-refractivity contribution in [3.05, 3.63) is 29.8 Å². The lowest BCUT2D eigenvalue weighted by atomic mass is 10.1. The highest BCUT2D eigenvalue weighted by Crippen LogP contribution is 2.23. The number of sulfonamides is 1. The molecule has 0 spiro atoms. The van der Waals surface area contributed by atoms with Gasteiger partial charge < -0.3 is 5.11 Å². The van der Waals surface area contributed by atoms with E-state index in [0.29, 0.717) is 12.0 Å². The molecule has 1 rings (SSSR count). The maximum Gasteiger partial charge on any atom is 0.320 e. The number of halogens is 4. The summed E-state index contributed by atoms with van der Waals surface area (Å²) in [7, 11) is -4.37. The van der Waals surface area contributed by atoms with Crippen LogP contribution in [0, 0.1) is 0 Å². The molecule has 120 valence electrons. The van der Waals surface area contributed by atoms with Gasteiger partial charge in [-0.05, 0) is 24.1 Å². The monoisotopic (exact) mass is 329 g/mol. The molecule has 2 N–H and O–H groups in total. The first kappa shape index (κ1) is 17.9. The van der Waals surface area contributed by atoms with Gasteiger partial charge in [0.1, 0.15) is 0 Å². The van der Waals surface area contributed by atoms with Crippen molar-refractivity contribution >= 4 is 10.0 Å². The number of alkyl halides is 4. The molecule has 0 saturated carbocycles. The van der Waals surface area contributed by atoms with Crippen LogP contribution >= 0.6 is 0 Å². The summed E-state index contributed by atoms with van der Waals surface area (Å²) >= 11 is 0. The minimum Gasteiger partial charge on any atom is -0.388 e. The van der Waals surface area contributed by atoms with Gasteiger partial charge in [-0.15, -0.1) is 0 Å². The number of nitrogens with one attached hydrogen (secondary N) is 1. The van der Waals surface area contributed by atoms with Crippen molar-refractivity contribution in [2.75, 3.05) is 6.54 Å². The number of hydrogen-bond acceptors (Lipinski definition) is 3. The third kappa shape index (κ3) is 4.65. The zero-order valence-corrected chi connectivity index (χ0v) is 11.9. The highest BCUT2D eigenvalue weighted by molar-refractivity contribution is 7.89. The minimum absolute atomic E-state index is 0.293. The lowest BCUT2D eigenvalue weighted by Gasteiger charge is -2.16. The van der Waals surface area contributed by atoms with E-state index in [2.05, 4.69) is 0 Å². The van der Waals surface area contributed by atoms with Gasteiger partial charge in [0.25, 0.3) is 0 Å². The van der Waals surface area contributed by atoms with E-state index < -0.39 is 35.0 Å². The maximum absolute atomic E-state index is 12.7. The van der Waals surface area contributed by atoms with Crippen LogP contribution in [0.3, 0.4) is 0 Å². The topological polar surface area (TPSA) is 66.4 Å². The second kappa shape index (κ2) is 6.71. The van der Waals surface area contributed by atoms with Gasteiger partial charge in [-0.1, -0.05) is 19.1 Å². The third-order valence-electron chi connectivity index (χ3n) is 2.76. The molecule has 4 nitrogen and oxygen atoms in total. The van der Waals surface area contributed by atoms with Crippen LogP contribution in [-0.4, -0.2) is 32.4 Å². The smallest absolute Gasteiger partial charge is 0.320 e. The molecule has 0 aromatic heterocycles. The summed E-state index contributed by atoms with van der Waals surface area (Å²) in [6.07, 6.45) is -4.53. The van der Waals surface area contributed by atoms with Gasteiger partial charge >= 0.3 is 12.3 Å². The average molecular weight is 329 g/mol. The molecule has 1 atom stereocenters. The van der Waals surface area contributed by atoms with Gasteiger partial charge in [-0.2, -0.15) is 8.78 Å². The number of aliphatic hydroxyl groups excluding tert-OH is 1. The quantitative estimate of drug-likeness (QED) is 0.755. The van der Waals surface area contributed by atoms with Gasteiger partial charge in [0.2, 0.25) is 10.0 Å². The summed E-state index contributed by atoms with van der Waals surface area (Å²) in [6.45, 7) is -0.0269. The molecule has 0 aliphatic rings. The molecule has 1 aromatic rings. The van der Waals surface area contributed by atoms with Crippen LogP contribution in [0.5, 0.6) is 0 Å². The summed E-state index contributed by atoms with van der Waals surface area (Å²) < 4.78 is 74.5. The third-order valence-corrected chi connectivity index (χ3v) is 4.16. The molecule has 0 aliphatic carbocycles. The Morgan fingerprint density at radius 2 is 1.95 bits per heavy atom. The number of aliphatic hydroxyl groups is 1. The van der Waals surface area contributed by atoms with E-state index in [9.17, 15) is 31.1 Å². The van der Waals surface area contributed by atoms with Crippen molar-refractivity contribution in [3.63, 3.8) is 0 Å². The van der Waals surface area contributed by atoms with Crippen molar-refractivity contribution in [1.82, 2.24) is 4.72 Å². The molecule has 9 heteroatoms. The Hall–Kier alpha value is -1.19. The van der Waals surface area contributed by atoms with E-state index in [1.165, 1.54) is 16.9 Å². The lowest BCUT2D eigenvalue weighted by Crippen LogP contribution is -2.41. The fourth-order valence-electron chi connectivity index (χ4n) is 1.48. The van der Waals surface area contributed by atoms with Crippen molar-refractivity contribution < 1.29 is 31.1 Å². The first-order chi connectivity index (χ1) is 9.60. The maximum atomic E-state index is 12.7. The van der Waals surface area contributed by atoms with Crippen LogP contribution in [0.15, 0.2) is 29.2 Å². The normalized spacial score (nSPS) is 14.4. The molecule has 0 saturated heterocycles. The van der Waals surface area contributed by atoms with Crippen LogP contribution < -0.4 is 4.72 Å². The average Bonchev–Trinajstić information content (AvgIpc) is 2.44. The first-order valence-electron chi connectivity index (χ1n) is 6.04. The molecule has 0 radical (unpaired) electrons. The van der Waals surface area contributed by atoms with Crippen LogP contribution in [0.2, 0.25) is 0 Å². The number of hydrogen-bond donors (Lipinski definition) is 2. The van der Waals surface area contributed by atoms with Gasteiger partial charge in [-0.25, -0.2) is 21.9 Å². The van der Waals surface area contributed by atoms with Crippen LogP contribution in [-0.2, 0) is 10.0 Å². The minimum atomic E-state index is -4.45. The van der Waals surface area contributed by atoms with Crippen molar-refractivity contribution in [2.45, 2.75) is 36.7 Å².